The number of likely N-dealkylation sites (N-methyl/N-ethyl adjacent to an activating group) is 1. The van der Waals surface area contributed by atoms with Gasteiger partial charge in [-0.25, -0.2) is 5.48 Å². The first-order valence-electron chi connectivity index (χ1n) is 11.8. The quantitative estimate of drug-likeness (QED) is 0.663. The van der Waals surface area contributed by atoms with Crippen LogP contribution in [-0.2, 0) is 6.54 Å². The molecule has 0 saturated carbocycles. The number of likely N-dealkylation sites (tertiary alicyclic amines) is 1. The summed E-state index contributed by atoms with van der Waals surface area (Å²) in [6.07, 6.45) is 2.06. The number of nitriles is 1. The van der Waals surface area contributed by atoms with Gasteiger partial charge in [0, 0.05) is 44.8 Å². The number of benzene rings is 2. The highest BCUT2D eigenvalue weighted by molar-refractivity contribution is 5.95. The smallest absolute Gasteiger partial charge is 0.253 e. The molecule has 2 fully saturated rings. The molecule has 1 amide bonds. The summed E-state index contributed by atoms with van der Waals surface area (Å²) in [6, 6.07) is 16.1. The third kappa shape index (κ3) is 5.79. The predicted octanol–water partition coefficient (Wildman–Crippen LogP) is 2.80. The van der Waals surface area contributed by atoms with Crippen LogP contribution < -0.4 is 5.48 Å². The van der Waals surface area contributed by atoms with Crippen LogP contribution in [0.3, 0.4) is 0 Å². The molecule has 0 spiro atoms. The van der Waals surface area contributed by atoms with Crippen LogP contribution in [0.5, 0.6) is 0 Å². The summed E-state index contributed by atoms with van der Waals surface area (Å²) in [6.45, 7) is 7.06. The van der Waals surface area contributed by atoms with Crippen LogP contribution >= 0.6 is 0 Å². The van der Waals surface area contributed by atoms with Gasteiger partial charge in [0.2, 0.25) is 0 Å². The Labute approximate surface area is 196 Å². The molecule has 2 heterocycles. The summed E-state index contributed by atoms with van der Waals surface area (Å²) in [5, 5.41) is 18.7. The Kier molecular flexibility index (Phi) is 7.73. The lowest BCUT2D eigenvalue weighted by Gasteiger charge is -2.20. The number of hydrogen-bond acceptors (Lipinski definition) is 6. The summed E-state index contributed by atoms with van der Waals surface area (Å²) in [5.41, 5.74) is 6.52. The van der Waals surface area contributed by atoms with Crippen LogP contribution in [0.1, 0.15) is 34.3 Å². The van der Waals surface area contributed by atoms with Gasteiger partial charge in [0.15, 0.2) is 0 Å². The molecule has 0 aromatic heterocycles. The molecule has 7 heteroatoms. The molecule has 2 aliphatic rings. The van der Waals surface area contributed by atoms with Crippen molar-refractivity contribution in [2.24, 2.45) is 5.92 Å². The number of amides is 1. The van der Waals surface area contributed by atoms with E-state index >= 15 is 0 Å². The maximum Gasteiger partial charge on any atom is 0.253 e. The van der Waals surface area contributed by atoms with Crippen molar-refractivity contribution in [2.75, 3.05) is 52.9 Å². The minimum atomic E-state index is 0.0148. The molecule has 2 aliphatic heterocycles. The van der Waals surface area contributed by atoms with Gasteiger partial charge < -0.3 is 15.0 Å². The number of carbonyl (C=O) groups excluding carboxylic acids is 1. The Morgan fingerprint density at radius 2 is 1.94 bits per heavy atom. The third-order valence-corrected chi connectivity index (χ3v) is 6.82. The minimum absolute atomic E-state index is 0.0148. The molecule has 4 rings (SSSR count). The second-order valence-electron chi connectivity index (χ2n) is 9.27. The molecule has 2 aromatic rings. The van der Waals surface area contributed by atoms with Crippen LogP contribution in [0, 0.1) is 17.2 Å². The van der Waals surface area contributed by atoms with E-state index in [2.05, 4.69) is 34.5 Å². The Morgan fingerprint density at radius 3 is 2.70 bits per heavy atom. The maximum absolute atomic E-state index is 12.8. The van der Waals surface area contributed by atoms with Gasteiger partial charge in [-0.1, -0.05) is 24.3 Å². The van der Waals surface area contributed by atoms with Crippen LogP contribution in [0.25, 0.3) is 11.1 Å². The molecule has 0 bridgehead atoms. The van der Waals surface area contributed by atoms with Crippen molar-refractivity contribution >= 4 is 5.91 Å². The van der Waals surface area contributed by atoms with E-state index in [9.17, 15) is 10.1 Å². The third-order valence-electron chi connectivity index (χ3n) is 6.82. The zero-order valence-corrected chi connectivity index (χ0v) is 19.3. The van der Waals surface area contributed by atoms with Crippen LogP contribution in [0.15, 0.2) is 42.5 Å². The standard InChI is InChI=1S/C26H33N5O2/c1-29-10-2-11-30(14-13-29)18-20-3-8-25(24(15-20)16-27)22-4-6-23(7-5-22)26(32)31-12-9-21(19-31)17-28-33/h3-8,15,21,28,33H,2,9-14,17-19H2,1H3. The molecular weight excluding hydrogens is 414 g/mol. The van der Waals surface area contributed by atoms with E-state index in [1.165, 1.54) is 6.42 Å². The highest BCUT2D eigenvalue weighted by Gasteiger charge is 2.26. The first-order chi connectivity index (χ1) is 16.1. The predicted molar refractivity (Wildman–Crippen MR) is 128 cm³/mol. The van der Waals surface area contributed by atoms with Gasteiger partial charge in [-0.05, 0) is 73.8 Å². The van der Waals surface area contributed by atoms with Crippen LogP contribution in [0.2, 0.25) is 0 Å². The second-order valence-corrected chi connectivity index (χ2v) is 9.27. The molecule has 33 heavy (non-hydrogen) atoms. The van der Waals surface area contributed by atoms with Gasteiger partial charge in [-0.2, -0.15) is 5.26 Å². The summed E-state index contributed by atoms with van der Waals surface area (Å²) in [5.74, 6) is 0.297. The summed E-state index contributed by atoms with van der Waals surface area (Å²) in [7, 11) is 2.17. The Bertz CT molecular complexity index is 1000. The van der Waals surface area contributed by atoms with Crippen molar-refractivity contribution < 1.29 is 10.0 Å². The fourth-order valence-corrected chi connectivity index (χ4v) is 4.84. The normalized spacial score (nSPS) is 19.9. The minimum Gasteiger partial charge on any atom is -0.338 e. The number of carbonyl (C=O) groups is 1. The number of hydrogen-bond donors (Lipinski definition) is 2. The van der Waals surface area contributed by atoms with Crippen molar-refractivity contribution in [1.29, 1.82) is 5.26 Å². The van der Waals surface area contributed by atoms with Crippen molar-refractivity contribution in [1.82, 2.24) is 20.2 Å². The van der Waals surface area contributed by atoms with Gasteiger partial charge in [-0.15, -0.1) is 0 Å². The molecule has 2 aromatic carbocycles. The Hall–Kier alpha value is -2.76. The Morgan fingerprint density at radius 1 is 1.12 bits per heavy atom. The number of rotatable bonds is 6. The molecule has 174 valence electrons. The fraction of sp³-hybridized carbons (Fsp3) is 0.462. The molecule has 2 saturated heterocycles. The van der Waals surface area contributed by atoms with Crippen molar-refractivity contribution in [3.8, 4) is 17.2 Å². The molecule has 1 unspecified atom stereocenters. The molecule has 1 atom stereocenters. The van der Waals surface area contributed by atoms with E-state index in [1.807, 2.05) is 41.3 Å². The van der Waals surface area contributed by atoms with Gasteiger partial charge in [0.05, 0.1) is 11.6 Å². The van der Waals surface area contributed by atoms with E-state index < -0.39 is 0 Å². The van der Waals surface area contributed by atoms with Crippen molar-refractivity contribution in [2.45, 2.75) is 19.4 Å². The van der Waals surface area contributed by atoms with E-state index in [4.69, 9.17) is 5.21 Å². The lowest BCUT2D eigenvalue weighted by Crippen LogP contribution is -2.30. The van der Waals surface area contributed by atoms with E-state index in [0.29, 0.717) is 30.8 Å². The molecule has 0 radical (unpaired) electrons. The maximum atomic E-state index is 12.8. The molecular formula is C26H33N5O2. The first kappa shape index (κ1) is 23.4. The van der Waals surface area contributed by atoms with Crippen molar-refractivity contribution in [3.63, 3.8) is 0 Å². The second kappa shape index (κ2) is 10.9. The zero-order chi connectivity index (χ0) is 23.2. The summed E-state index contributed by atoms with van der Waals surface area (Å²) < 4.78 is 0. The highest BCUT2D eigenvalue weighted by atomic mass is 16.5. The average Bonchev–Trinajstić information content (AvgIpc) is 3.21. The van der Waals surface area contributed by atoms with E-state index in [-0.39, 0.29) is 11.8 Å². The Balaban J connectivity index is 1.44. The van der Waals surface area contributed by atoms with Crippen molar-refractivity contribution in [3.05, 3.63) is 59.2 Å². The first-order valence-corrected chi connectivity index (χ1v) is 11.8. The van der Waals surface area contributed by atoms with Crippen LogP contribution in [0.4, 0.5) is 0 Å². The largest absolute Gasteiger partial charge is 0.338 e. The number of nitrogens with zero attached hydrogens (tertiary/aromatic N) is 4. The lowest BCUT2D eigenvalue weighted by atomic mass is 9.97. The molecule has 2 N–H and O–H groups in total. The van der Waals surface area contributed by atoms with E-state index in [1.54, 1.807) is 0 Å². The fourth-order valence-electron chi connectivity index (χ4n) is 4.84. The topological polar surface area (TPSA) is 82.8 Å². The molecule has 0 aliphatic carbocycles. The number of nitrogens with one attached hydrogen (secondary N) is 1. The van der Waals surface area contributed by atoms with Gasteiger partial charge in [0.1, 0.15) is 0 Å². The van der Waals surface area contributed by atoms with Gasteiger partial charge in [-0.3, -0.25) is 9.69 Å². The van der Waals surface area contributed by atoms with Gasteiger partial charge in [0.25, 0.3) is 5.91 Å². The van der Waals surface area contributed by atoms with Crippen LogP contribution in [-0.4, -0.2) is 78.7 Å². The van der Waals surface area contributed by atoms with E-state index in [0.717, 1.165) is 55.8 Å². The zero-order valence-electron chi connectivity index (χ0n) is 19.3. The SMILES string of the molecule is CN1CCCN(Cc2ccc(-c3ccc(C(=O)N4CCC(CNO)C4)cc3)c(C#N)c2)CC1. The van der Waals surface area contributed by atoms with Gasteiger partial charge >= 0.3 is 0 Å². The summed E-state index contributed by atoms with van der Waals surface area (Å²) >= 11 is 0. The average molecular weight is 448 g/mol. The number of hydroxylamine groups is 1. The monoisotopic (exact) mass is 447 g/mol. The highest BCUT2D eigenvalue weighted by Crippen LogP contribution is 2.26. The lowest BCUT2D eigenvalue weighted by molar-refractivity contribution is 0.0781. The summed E-state index contributed by atoms with van der Waals surface area (Å²) in [4.78, 5) is 19.5. The molecule has 7 nitrogen and oxygen atoms in total.